The lowest BCUT2D eigenvalue weighted by Crippen LogP contribution is -2.27. The van der Waals surface area contributed by atoms with Crippen molar-refractivity contribution in [2.24, 2.45) is 0 Å². The van der Waals surface area contributed by atoms with Crippen molar-refractivity contribution in [1.82, 2.24) is 0 Å². The van der Waals surface area contributed by atoms with Gasteiger partial charge in [-0.05, 0) is 89.9 Å². The van der Waals surface area contributed by atoms with Crippen molar-refractivity contribution in [3.05, 3.63) is 85.1 Å². The second-order valence-electron chi connectivity index (χ2n) is 17.2. The zero-order valence-electron chi connectivity index (χ0n) is 40.4. The minimum atomic E-state index is -0.545. The standard InChI is InChI=1S/C57H100O4/c1-3-5-7-9-11-13-15-17-19-21-23-25-27-29-30-32-34-36-38-40-42-44-46-48-50-52-57(59)61-56(54-58)55-60-53-51-49-47-45-43-41-39-37-35-33-31-28-26-24-22-20-18-16-14-12-10-8-6-4-2/h6,8,12,14-15,17-18,20-21,23-24,26,31,33,56,58H,3-5,7,9-11,13,16,19,22,25,27-30,32,34-55H2,1-2H3/b8-6-,14-12-,17-15-,20-18-,23-21-,26-24-,33-31-. The number of ether oxygens (including phenoxy) is 2. The van der Waals surface area contributed by atoms with E-state index < -0.39 is 6.10 Å². The van der Waals surface area contributed by atoms with E-state index in [0.29, 0.717) is 13.0 Å². The van der Waals surface area contributed by atoms with Crippen molar-refractivity contribution in [3.63, 3.8) is 0 Å². The number of rotatable bonds is 48. The molecule has 1 atom stereocenters. The highest BCUT2D eigenvalue weighted by Gasteiger charge is 2.13. The molecule has 0 fully saturated rings. The summed E-state index contributed by atoms with van der Waals surface area (Å²) in [5.41, 5.74) is 0. The quantitative estimate of drug-likeness (QED) is 0.0376. The second kappa shape index (κ2) is 53.7. The highest BCUT2D eigenvalue weighted by molar-refractivity contribution is 5.69. The van der Waals surface area contributed by atoms with Crippen LogP contribution in [-0.2, 0) is 14.3 Å². The highest BCUT2D eigenvalue weighted by atomic mass is 16.6. The molecule has 0 bridgehead atoms. The zero-order valence-corrected chi connectivity index (χ0v) is 40.4. The Kier molecular flexibility index (Phi) is 51.6. The summed E-state index contributed by atoms with van der Waals surface area (Å²) in [5.74, 6) is -0.205. The number of unbranched alkanes of at least 4 members (excludes halogenated alkanes) is 26. The van der Waals surface area contributed by atoms with Crippen molar-refractivity contribution in [3.8, 4) is 0 Å². The molecule has 1 unspecified atom stereocenters. The fourth-order valence-corrected chi connectivity index (χ4v) is 7.33. The first kappa shape index (κ1) is 58.6. The Balaban J connectivity index is 3.45. The molecule has 61 heavy (non-hydrogen) atoms. The lowest BCUT2D eigenvalue weighted by atomic mass is 10.0. The molecule has 0 saturated heterocycles. The molecule has 4 heteroatoms. The maximum Gasteiger partial charge on any atom is 0.306 e. The maximum atomic E-state index is 12.3. The predicted octanol–water partition coefficient (Wildman–Crippen LogP) is 17.9. The van der Waals surface area contributed by atoms with Crippen molar-refractivity contribution < 1.29 is 19.4 Å². The van der Waals surface area contributed by atoms with Gasteiger partial charge >= 0.3 is 5.97 Å². The van der Waals surface area contributed by atoms with Gasteiger partial charge in [0, 0.05) is 13.0 Å². The molecular formula is C57H100O4. The number of aliphatic hydroxyl groups excluding tert-OH is 1. The second-order valence-corrected chi connectivity index (χ2v) is 17.2. The van der Waals surface area contributed by atoms with Gasteiger partial charge in [0.05, 0.1) is 13.2 Å². The van der Waals surface area contributed by atoms with E-state index in [4.69, 9.17) is 9.47 Å². The Morgan fingerprint density at radius 1 is 0.410 bits per heavy atom. The summed E-state index contributed by atoms with van der Waals surface area (Å²) in [6, 6.07) is 0. The van der Waals surface area contributed by atoms with E-state index >= 15 is 0 Å². The Hall–Kier alpha value is -2.43. The van der Waals surface area contributed by atoms with Crippen LogP contribution in [0.15, 0.2) is 85.1 Å². The monoisotopic (exact) mass is 849 g/mol. The van der Waals surface area contributed by atoms with E-state index in [0.717, 1.165) is 57.8 Å². The lowest BCUT2D eigenvalue weighted by Gasteiger charge is -2.16. The SMILES string of the molecule is CC/C=C\C/C=C\C/C=C\C/C=C\C/C=C\CCCCCCCCCCOCC(CO)OC(=O)CCCCCCCCCCCCCCC/C=C\C/C=C\CCCCCCC. The number of allylic oxidation sites excluding steroid dienone is 14. The van der Waals surface area contributed by atoms with Gasteiger partial charge in [-0.1, -0.05) is 234 Å². The van der Waals surface area contributed by atoms with Gasteiger partial charge in [-0.2, -0.15) is 0 Å². The molecule has 0 aromatic rings. The fourth-order valence-electron chi connectivity index (χ4n) is 7.33. The van der Waals surface area contributed by atoms with Gasteiger partial charge in [0.2, 0.25) is 0 Å². The summed E-state index contributed by atoms with van der Waals surface area (Å²) >= 11 is 0. The molecule has 0 spiro atoms. The van der Waals surface area contributed by atoms with Crippen molar-refractivity contribution in [1.29, 1.82) is 0 Å². The van der Waals surface area contributed by atoms with Crippen molar-refractivity contribution in [2.45, 2.75) is 251 Å². The summed E-state index contributed by atoms with van der Waals surface area (Å²) in [4.78, 5) is 12.3. The van der Waals surface area contributed by atoms with Gasteiger partial charge in [0.1, 0.15) is 6.10 Å². The Morgan fingerprint density at radius 3 is 1.11 bits per heavy atom. The molecule has 0 heterocycles. The summed E-state index contributed by atoms with van der Waals surface area (Å²) in [5, 5.41) is 9.66. The van der Waals surface area contributed by atoms with Gasteiger partial charge in [-0.25, -0.2) is 0 Å². The minimum absolute atomic E-state index is 0.179. The van der Waals surface area contributed by atoms with Crippen LogP contribution in [0.25, 0.3) is 0 Å². The molecule has 0 rings (SSSR count). The van der Waals surface area contributed by atoms with Crippen LogP contribution in [0.3, 0.4) is 0 Å². The number of aliphatic hydroxyl groups is 1. The Bertz CT molecular complexity index is 1080. The third-order valence-corrected chi connectivity index (χ3v) is 11.2. The largest absolute Gasteiger partial charge is 0.457 e. The van der Waals surface area contributed by atoms with Crippen molar-refractivity contribution in [2.75, 3.05) is 19.8 Å². The first-order valence-electron chi connectivity index (χ1n) is 26.2. The normalized spacial score (nSPS) is 13.0. The van der Waals surface area contributed by atoms with E-state index in [-0.39, 0.29) is 19.2 Å². The van der Waals surface area contributed by atoms with E-state index in [1.807, 2.05) is 0 Å². The molecule has 352 valence electrons. The third-order valence-electron chi connectivity index (χ3n) is 11.2. The van der Waals surface area contributed by atoms with Gasteiger partial charge in [0.15, 0.2) is 0 Å². The number of carbonyl (C=O) groups is 1. The predicted molar refractivity (Wildman–Crippen MR) is 269 cm³/mol. The molecule has 0 aliphatic rings. The van der Waals surface area contributed by atoms with E-state index in [1.54, 1.807) is 0 Å². The summed E-state index contributed by atoms with van der Waals surface area (Å²) in [7, 11) is 0. The summed E-state index contributed by atoms with van der Waals surface area (Å²) in [6.45, 7) is 5.22. The summed E-state index contributed by atoms with van der Waals surface area (Å²) in [6.07, 6.45) is 75.3. The van der Waals surface area contributed by atoms with Crippen LogP contribution in [0.5, 0.6) is 0 Å². The van der Waals surface area contributed by atoms with Gasteiger partial charge < -0.3 is 14.6 Å². The smallest absolute Gasteiger partial charge is 0.306 e. The molecule has 1 N–H and O–H groups in total. The number of carbonyl (C=O) groups excluding carboxylic acids is 1. The van der Waals surface area contributed by atoms with E-state index in [1.165, 1.54) is 167 Å². The zero-order chi connectivity index (χ0) is 44.0. The molecule has 4 nitrogen and oxygen atoms in total. The molecule has 0 aromatic heterocycles. The topological polar surface area (TPSA) is 55.8 Å². The van der Waals surface area contributed by atoms with Crippen molar-refractivity contribution >= 4 is 5.97 Å². The molecule has 0 amide bonds. The van der Waals surface area contributed by atoms with Crippen LogP contribution in [0.2, 0.25) is 0 Å². The molecule has 0 saturated carbocycles. The van der Waals surface area contributed by atoms with Crippen LogP contribution in [0.1, 0.15) is 245 Å². The minimum Gasteiger partial charge on any atom is -0.457 e. The lowest BCUT2D eigenvalue weighted by molar-refractivity contribution is -0.154. The average molecular weight is 849 g/mol. The number of esters is 1. The van der Waals surface area contributed by atoms with Crippen LogP contribution in [0.4, 0.5) is 0 Å². The van der Waals surface area contributed by atoms with E-state index in [9.17, 15) is 9.90 Å². The average Bonchev–Trinajstić information content (AvgIpc) is 3.27. The van der Waals surface area contributed by atoms with Crippen LogP contribution in [0, 0.1) is 0 Å². The van der Waals surface area contributed by atoms with Crippen LogP contribution >= 0.6 is 0 Å². The first-order valence-corrected chi connectivity index (χ1v) is 26.2. The third kappa shape index (κ3) is 51.8. The number of hydrogen-bond acceptors (Lipinski definition) is 4. The molecule has 0 radical (unpaired) electrons. The van der Waals surface area contributed by atoms with Gasteiger partial charge in [-0.15, -0.1) is 0 Å². The maximum absolute atomic E-state index is 12.3. The van der Waals surface area contributed by atoms with E-state index in [2.05, 4.69) is 98.9 Å². The highest BCUT2D eigenvalue weighted by Crippen LogP contribution is 2.15. The Labute approximate surface area is 380 Å². The van der Waals surface area contributed by atoms with Gasteiger partial charge in [0.25, 0.3) is 0 Å². The summed E-state index contributed by atoms with van der Waals surface area (Å²) < 4.78 is 11.2. The molecule has 0 aliphatic carbocycles. The molecule has 0 aromatic carbocycles. The number of hydrogen-bond donors (Lipinski definition) is 1. The van der Waals surface area contributed by atoms with Crippen LogP contribution in [-0.4, -0.2) is 37.0 Å². The fraction of sp³-hybridized carbons (Fsp3) is 0.737. The first-order chi connectivity index (χ1) is 30.2. The van der Waals surface area contributed by atoms with Crippen LogP contribution < -0.4 is 0 Å². The molecule has 0 aliphatic heterocycles. The van der Waals surface area contributed by atoms with Gasteiger partial charge in [-0.3, -0.25) is 4.79 Å². The molecular weight excluding hydrogens is 749 g/mol. The Morgan fingerprint density at radius 2 is 0.738 bits per heavy atom.